The maximum atomic E-state index is 13.2. The second-order valence-electron chi connectivity index (χ2n) is 13.2. The van der Waals surface area contributed by atoms with Crippen molar-refractivity contribution in [3.05, 3.63) is 83.4 Å². The number of carbonyl (C=O) groups is 2. The first-order chi connectivity index (χ1) is 21.4. The van der Waals surface area contributed by atoms with Crippen LogP contribution in [0.4, 0.5) is 5.69 Å². The Hall–Kier alpha value is -3.33. The number of rotatable bonds is 11. The molecule has 0 radical (unpaired) electrons. The highest BCUT2D eigenvalue weighted by molar-refractivity contribution is 6.30. The molecule has 3 N–H and O–H groups in total. The fourth-order valence-corrected chi connectivity index (χ4v) is 7.58. The summed E-state index contributed by atoms with van der Waals surface area (Å²) in [5.41, 5.74) is 0.415. The highest BCUT2D eigenvalue weighted by Gasteiger charge is 2.46. The van der Waals surface area contributed by atoms with Crippen molar-refractivity contribution in [3.8, 4) is 5.75 Å². The molecule has 1 fully saturated rings. The van der Waals surface area contributed by atoms with Crippen LogP contribution in [0.1, 0.15) is 62.1 Å². The van der Waals surface area contributed by atoms with Crippen LogP contribution in [0.5, 0.6) is 5.75 Å². The van der Waals surface area contributed by atoms with Crippen LogP contribution in [0, 0.1) is 11.8 Å². The summed E-state index contributed by atoms with van der Waals surface area (Å²) >= 11 is 6.39. The van der Waals surface area contributed by atoms with E-state index in [-0.39, 0.29) is 28.9 Å². The smallest absolute Gasteiger partial charge is 0.340 e. The molecule has 8 nitrogen and oxygen atoms in total. The monoisotopic (exact) mass is 636 g/mol. The second-order valence-corrected chi connectivity index (χ2v) is 13.7. The van der Waals surface area contributed by atoms with Crippen LogP contribution in [0.3, 0.4) is 0 Å². The Balaban J connectivity index is 1.54. The van der Waals surface area contributed by atoms with Gasteiger partial charge in [-0.05, 0) is 98.2 Å². The Kier molecular flexibility index (Phi) is 9.68. The van der Waals surface area contributed by atoms with Crippen LogP contribution in [0.25, 0.3) is 0 Å². The topological polar surface area (TPSA) is 111 Å². The van der Waals surface area contributed by atoms with Crippen molar-refractivity contribution in [3.63, 3.8) is 0 Å². The van der Waals surface area contributed by atoms with E-state index in [4.69, 9.17) is 16.3 Å². The summed E-state index contributed by atoms with van der Waals surface area (Å²) in [6.45, 7) is 11.0. The number of hydrogen-bond acceptors (Lipinski definition) is 6. The van der Waals surface area contributed by atoms with E-state index in [2.05, 4.69) is 24.1 Å². The van der Waals surface area contributed by atoms with E-state index < -0.39 is 30.0 Å². The van der Waals surface area contributed by atoms with Crippen molar-refractivity contribution < 1.29 is 29.6 Å². The third-order valence-electron chi connectivity index (χ3n) is 10.4. The number of halogens is 1. The molecule has 1 heterocycles. The average molecular weight is 637 g/mol. The number of carboxylic acids is 1. The molecule has 2 aromatic carbocycles. The van der Waals surface area contributed by atoms with Gasteiger partial charge >= 0.3 is 5.97 Å². The minimum atomic E-state index is -2.45. The van der Waals surface area contributed by atoms with Crippen molar-refractivity contribution in [2.24, 2.45) is 11.8 Å². The molecule has 3 unspecified atom stereocenters. The third kappa shape index (κ3) is 6.38. The lowest BCUT2D eigenvalue weighted by Gasteiger charge is -2.45. The number of carbonyl (C=O) groups excluding carboxylic acids is 1. The normalized spacial score (nSPS) is 24.9. The van der Waals surface area contributed by atoms with E-state index in [0.29, 0.717) is 42.6 Å². The molecule has 9 heteroatoms. The molecule has 0 aromatic heterocycles. The third-order valence-corrected chi connectivity index (χ3v) is 10.7. The predicted octanol–water partition coefficient (Wildman–Crippen LogP) is 5.47. The van der Waals surface area contributed by atoms with Gasteiger partial charge in [0.15, 0.2) is 5.60 Å². The van der Waals surface area contributed by atoms with Crippen molar-refractivity contribution >= 4 is 29.2 Å². The first-order valence-electron chi connectivity index (χ1n) is 15.9. The van der Waals surface area contributed by atoms with Gasteiger partial charge in [0.05, 0.1) is 24.8 Å². The maximum absolute atomic E-state index is 13.2. The molecule has 1 saturated carbocycles. The van der Waals surface area contributed by atoms with Crippen molar-refractivity contribution in [1.29, 1.82) is 0 Å². The van der Waals surface area contributed by atoms with Crippen LogP contribution in [0.2, 0.25) is 5.02 Å². The van der Waals surface area contributed by atoms with E-state index >= 15 is 0 Å². The van der Waals surface area contributed by atoms with Crippen LogP contribution in [0.15, 0.2) is 61.7 Å². The van der Waals surface area contributed by atoms with Gasteiger partial charge < -0.3 is 29.9 Å². The van der Waals surface area contributed by atoms with Gasteiger partial charge in [-0.15, -0.1) is 13.2 Å². The molecule has 2 aromatic rings. The van der Waals surface area contributed by atoms with Gasteiger partial charge in [0.1, 0.15) is 5.75 Å². The largest absolute Gasteiger partial charge is 0.490 e. The number of benzene rings is 2. The van der Waals surface area contributed by atoms with E-state index in [1.54, 1.807) is 37.4 Å². The maximum Gasteiger partial charge on any atom is 0.340 e. The van der Waals surface area contributed by atoms with E-state index in [1.807, 2.05) is 19.1 Å². The number of ether oxygens (including phenoxy) is 1. The molecule has 6 atom stereocenters. The van der Waals surface area contributed by atoms with Crippen molar-refractivity contribution in [2.45, 2.75) is 75.0 Å². The van der Waals surface area contributed by atoms with Gasteiger partial charge in [-0.3, -0.25) is 4.79 Å². The summed E-state index contributed by atoms with van der Waals surface area (Å²) in [5.74, 6) is -1.12. The quantitative estimate of drug-likeness (QED) is 0.281. The second kappa shape index (κ2) is 13.2. The molecular weight excluding hydrogens is 592 g/mol. The number of carboxylic acid groups (broad SMARTS) is 1. The van der Waals surface area contributed by atoms with Crippen molar-refractivity contribution in [1.82, 2.24) is 4.90 Å². The predicted molar refractivity (Wildman–Crippen MR) is 176 cm³/mol. The lowest BCUT2D eigenvalue weighted by atomic mass is 9.68. The number of fused-ring (bicyclic) bond motifs is 3. The van der Waals surface area contributed by atoms with Gasteiger partial charge in [-0.25, -0.2) is 4.79 Å². The number of aliphatic hydroxyl groups excluding tert-OH is 1. The minimum absolute atomic E-state index is 0.0772. The molecule has 0 bridgehead atoms. The van der Waals surface area contributed by atoms with Crippen LogP contribution in [-0.4, -0.2) is 71.0 Å². The SMILES string of the molecule is C=CCC(C)N(C)C(=O)CC(O)(C(=O)O)c1ccc2c(c1)N(C[C@@H]1CC[C@H]1C(O)C=C)C[C@@]1(CCCc3cc(Cl)ccc31)CO2. The summed E-state index contributed by atoms with van der Waals surface area (Å²) in [5, 5.41) is 33.3. The Labute approximate surface area is 270 Å². The fraction of sp³-hybridized carbons (Fsp3) is 0.500. The van der Waals surface area contributed by atoms with Gasteiger partial charge in [0.2, 0.25) is 5.91 Å². The van der Waals surface area contributed by atoms with E-state index in [1.165, 1.54) is 16.0 Å². The number of anilines is 1. The van der Waals surface area contributed by atoms with Gasteiger partial charge in [0, 0.05) is 36.6 Å². The molecule has 5 rings (SSSR count). The van der Waals surface area contributed by atoms with Crippen molar-refractivity contribution in [2.75, 3.05) is 31.6 Å². The summed E-state index contributed by atoms with van der Waals surface area (Å²) < 4.78 is 6.54. The Morgan fingerprint density at radius 1 is 1.24 bits per heavy atom. The van der Waals surface area contributed by atoms with Gasteiger partial charge in [-0.2, -0.15) is 0 Å². The first kappa shape index (κ1) is 33.0. The zero-order valence-electron chi connectivity index (χ0n) is 26.3. The molecule has 1 amide bonds. The highest BCUT2D eigenvalue weighted by atomic mass is 35.5. The molecule has 2 aliphatic carbocycles. The summed E-state index contributed by atoms with van der Waals surface area (Å²) in [4.78, 5) is 29.6. The molecule has 1 aliphatic heterocycles. The molecule has 242 valence electrons. The Morgan fingerprint density at radius 2 is 2.02 bits per heavy atom. The molecular formula is C36H45ClN2O6. The summed E-state index contributed by atoms with van der Waals surface area (Å²) in [6, 6.07) is 10.8. The van der Waals surface area contributed by atoms with Crippen LogP contribution < -0.4 is 9.64 Å². The number of aryl methyl sites for hydroxylation is 1. The van der Waals surface area contributed by atoms with Gasteiger partial charge in [0.25, 0.3) is 0 Å². The number of amides is 1. The minimum Gasteiger partial charge on any atom is -0.490 e. The Morgan fingerprint density at radius 3 is 2.69 bits per heavy atom. The van der Waals surface area contributed by atoms with E-state index in [9.17, 15) is 24.9 Å². The molecule has 0 saturated heterocycles. The summed E-state index contributed by atoms with van der Waals surface area (Å²) in [6.07, 6.45) is 7.28. The molecule has 45 heavy (non-hydrogen) atoms. The van der Waals surface area contributed by atoms with Crippen LogP contribution >= 0.6 is 11.6 Å². The zero-order valence-corrected chi connectivity index (χ0v) is 27.0. The summed E-state index contributed by atoms with van der Waals surface area (Å²) in [7, 11) is 1.60. The lowest BCUT2D eigenvalue weighted by molar-refractivity contribution is -0.165. The highest BCUT2D eigenvalue weighted by Crippen LogP contribution is 2.47. The number of aliphatic hydroxyl groups is 2. The number of nitrogens with zero attached hydrogens (tertiary/aromatic N) is 2. The first-order valence-corrected chi connectivity index (χ1v) is 16.2. The Bertz CT molecular complexity index is 1460. The number of hydrogen-bond donors (Lipinski definition) is 3. The number of aliphatic carboxylic acids is 1. The average Bonchev–Trinajstić information content (AvgIpc) is 3.15. The van der Waals surface area contributed by atoms with Crippen LogP contribution in [-0.2, 0) is 27.0 Å². The molecule has 1 spiro atoms. The lowest BCUT2D eigenvalue weighted by Crippen LogP contribution is -2.49. The van der Waals surface area contributed by atoms with Gasteiger partial charge in [-0.1, -0.05) is 35.9 Å². The standard InChI is InChI=1S/C36H45ClN2O6/c1-5-8-23(3)38(4)33(41)19-36(44,34(42)43)26-11-15-32-30(18-26)39(20-25-10-13-28(25)31(40)6-2)21-35(22-45-32)16-7-9-24-17-27(37)12-14-29(24)35/h5-6,11-12,14-15,17-18,23,25,28,31,40,44H,1-2,7-10,13,16,19-22H2,3-4H3,(H,42,43)/t23?,25-,28+,31?,35-,36?/m0/s1. The fourth-order valence-electron chi connectivity index (χ4n) is 7.39. The molecule has 3 aliphatic rings. The zero-order chi connectivity index (χ0) is 32.5. The van der Waals surface area contributed by atoms with E-state index in [0.717, 1.165) is 32.1 Å².